The number of carboxylic acids is 2. The maximum atomic E-state index is 10.6. The van der Waals surface area contributed by atoms with Crippen LogP contribution < -0.4 is 5.73 Å². The molecule has 0 saturated carbocycles. The van der Waals surface area contributed by atoms with E-state index in [1.807, 2.05) is 0 Å². The number of nitrogens with two attached hydrogens (primary N) is 1. The van der Waals surface area contributed by atoms with E-state index >= 15 is 0 Å². The van der Waals surface area contributed by atoms with Crippen molar-refractivity contribution in [3.8, 4) is 0 Å². The van der Waals surface area contributed by atoms with Crippen molar-refractivity contribution < 1.29 is 19.8 Å². The molecule has 1 aromatic heterocycles. The number of nitrogens with zero attached hydrogens (tertiary/aromatic N) is 2. The number of hydrogen-bond acceptors (Lipinski definition) is 4. The van der Waals surface area contributed by atoms with Crippen LogP contribution in [-0.2, 0) is 7.05 Å². The molecule has 0 aromatic carbocycles. The van der Waals surface area contributed by atoms with E-state index in [1.54, 1.807) is 0 Å². The Morgan fingerprint density at radius 3 is 2.23 bits per heavy atom. The van der Waals surface area contributed by atoms with Crippen LogP contribution in [0.5, 0.6) is 0 Å². The topological polar surface area (TPSA) is 118 Å². The summed E-state index contributed by atoms with van der Waals surface area (Å²) < 4.78 is 0.918. The first-order chi connectivity index (χ1) is 5.95. The van der Waals surface area contributed by atoms with Crippen molar-refractivity contribution in [2.45, 2.75) is 0 Å². The van der Waals surface area contributed by atoms with E-state index in [1.165, 1.54) is 7.05 Å². The van der Waals surface area contributed by atoms with Gasteiger partial charge in [0.05, 0.1) is 0 Å². The summed E-state index contributed by atoms with van der Waals surface area (Å²) in [6, 6.07) is 0. The van der Waals surface area contributed by atoms with Crippen LogP contribution in [0.2, 0.25) is 0 Å². The highest BCUT2D eigenvalue weighted by atomic mass is 16.4. The van der Waals surface area contributed by atoms with Gasteiger partial charge in [-0.15, -0.1) is 0 Å². The van der Waals surface area contributed by atoms with E-state index in [9.17, 15) is 9.59 Å². The average molecular weight is 185 g/mol. The monoisotopic (exact) mass is 185 g/mol. The number of rotatable bonds is 2. The molecule has 0 aliphatic heterocycles. The molecule has 13 heavy (non-hydrogen) atoms. The predicted molar refractivity (Wildman–Crippen MR) is 41.5 cm³/mol. The van der Waals surface area contributed by atoms with Gasteiger partial charge in [0, 0.05) is 7.05 Å². The van der Waals surface area contributed by atoms with Crippen molar-refractivity contribution in [1.29, 1.82) is 0 Å². The van der Waals surface area contributed by atoms with Gasteiger partial charge < -0.3 is 15.9 Å². The molecule has 0 radical (unpaired) electrons. The molecule has 7 nitrogen and oxygen atoms in total. The second kappa shape index (κ2) is 2.77. The number of aromatic carboxylic acids is 2. The first-order valence-corrected chi connectivity index (χ1v) is 3.24. The summed E-state index contributed by atoms with van der Waals surface area (Å²) in [5.74, 6) is -3.07. The molecule has 0 saturated heterocycles. The Morgan fingerprint density at radius 1 is 1.38 bits per heavy atom. The van der Waals surface area contributed by atoms with Gasteiger partial charge in [-0.05, 0) is 0 Å². The molecule has 0 fully saturated rings. The minimum absolute atomic E-state index is 0.299. The molecule has 0 aliphatic rings. The number of anilines is 1. The molecule has 0 atom stereocenters. The van der Waals surface area contributed by atoms with Crippen molar-refractivity contribution in [2.75, 3.05) is 5.73 Å². The molecule has 0 aliphatic carbocycles. The minimum atomic E-state index is -1.40. The lowest BCUT2D eigenvalue weighted by Crippen LogP contribution is -2.11. The highest BCUT2D eigenvalue weighted by Crippen LogP contribution is 2.15. The Hall–Kier alpha value is -2.05. The molecule has 0 spiro atoms. The molecule has 4 N–H and O–H groups in total. The van der Waals surface area contributed by atoms with Gasteiger partial charge in [-0.25, -0.2) is 9.59 Å². The Bertz CT molecular complexity index is 347. The summed E-state index contributed by atoms with van der Waals surface area (Å²) in [6.07, 6.45) is 0. The molecule has 7 heteroatoms. The summed E-state index contributed by atoms with van der Waals surface area (Å²) in [5.41, 5.74) is 4.30. The summed E-state index contributed by atoms with van der Waals surface area (Å²) >= 11 is 0. The fourth-order valence-electron chi connectivity index (χ4n) is 1.00. The lowest BCUT2D eigenvalue weighted by molar-refractivity contribution is 0.0644. The van der Waals surface area contributed by atoms with Crippen molar-refractivity contribution in [3.05, 3.63) is 11.3 Å². The Kier molecular flexibility index (Phi) is 1.93. The molecule has 0 bridgehead atoms. The van der Waals surface area contributed by atoms with Crippen molar-refractivity contribution in [1.82, 2.24) is 9.78 Å². The average Bonchev–Trinajstić information content (AvgIpc) is 2.24. The van der Waals surface area contributed by atoms with Gasteiger partial charge >= 0.3 is 11.9 Å². The van der Waals surface area contributed by atoms with Gasteiger partial charge in [-0.2, -0.15) is 5.10 Å². The molecule has 70 valence electrons. The van der Waals surface area contributed by atoms with Crippen LogP contribution in [0.3, 0.4) is 0 Å². The van der Waals surface area contributed by atoms with E-state index in [-0.39, 0.29) is 5.82 Å². The van der Waals surface area contributed by atoms with E-state index in [4.69, 9.17) is 15.9 Å². The smallest absolute Gasteiger partial charge is 0.355 e. The van der Waals surface area contributed by atoms with Gasteiger partial charge in [0.15, 0.2) is 11.5 Å². The molecular formula is C6H7N3O4. The fraction of sp³-hybridized carbons (Fsp3) is 0.167. The number of aromatic nitrogens is 2. The third-order valence-corrected chi connectivity index (χ3v) is 1.49. The summed E-state index contributed by atoms with van der Waals surface area (Å²) in [6.45, 7) is 0. The van der Waals surface area contributed by atoms with Crippen LogP contribution in [0, 0.1) is 0 Å². The zero-order chi connectivity index (χ0) is 10.2. The molecular weight excluding hydrogens is 178 g/mol. The van der Waals surface area contributed by atoms with Crippen LogP contribution in [0.25, 0.3) is 0 Å². The lowest BCUT2D eigenvalue weighted by atomic mass is 10.2. The number of aryl methyl sites for hydroxylation is 1. The first kappa shape index (κ1) is 9.04. The number of carbonyl (C=O) groups is 2. The van der Waals surface area contributed by atoms with E-state index in [2.05, 4.69) is 5.10 Å². The maximum absolute atomic E-state index is 10.6. The Labute approximate surface area is 72.4 Å². The van der Waals surface area contributed by atoms with Crippen LogP contribution in [0.15, 0.2) is 0 Å². The zero-order valence-electron chi connectivity index (χ0n) is 6.68. The van der Waals surface area contributed by atoms with Gasteiger partial charge in [0.25, 0.3) is 0 Å². The second-order valence-corrected chi connectivity index (χ2v) is 2.34. The molecule has 0 amide bonds. The van der Waals surface area contributed by atoms with Crippen LogP contribution in [0.1, 0.15) is 20.8 Å². The van der Waals surface area contributed by atoms with Crippen LogP contribution in [0.4, 0.5) is 5.82 Å². The molecule has 1 heterocycles. The van der Waals surface area contributed by atoms with Crippen LogP contribution in [-0.4, -0.2) is 31.9 Å². The lowest BCUT2D eigenvalue weighted by Gasteiger charge is -1.95. The highest BCUT2D eigenvalue weighted by Gasteiger charge is 2.24. The molecule has 1 aromatic rings. The largest absolute Gasteiger partial charge is 0.477 e. The summed E-state index contributed by atoms with van der Waals surface area (Å²) in [4.78, 5) is 21.1. The number of hydrogen-bond donors (Lipinski definition) is 3. The maximum Gasteiger partial charge on any atom is 0.355 e. The summed E-state index contributed by atoms with van der Waals surface area (Å²) in [7, 11) is 1.31. The minimum Gasteiger partial charge on any atom is -0.477 e. The Morgan fingerprint density at radius 2 is 1.92 bits per heavy atom. The van der Waals surface area contributed by atoms with Crippen molar-refractivity contribution >= 4 is 17.8 Å². The number of carboxylic acid groups (broad SMARTS) is 2. The fourth-order valence-corrected chi connectivity index (χ4v) is 1.00. The Balaban J connectivity index is 3.47. The van der Waals surface area contributed by atoms with E-state index in [0.29, 0.717) is 0 Å². The van der Waals surface area contributed by atoms with Gasteiger partial charge in [0.2, 0.25) is 0 Å². The third-order valence-electron chi connectivity index (χ3n) is 1.49. The van der Waals surface area contributed by atoms with Crippen LogP contribution >= 0.6 is 0 Å². The van der Waals surface area contributed by atoms with Gasteiger partial charge in [0.1, 0.15) is 5.56 Å². The molecule has 0 unspecified atom stereocenters. The van der Waals surface area contributed by atoms with Crippen molar-refractivity contribution in [2.24, 2.45) is 7.05 Å². The SMILES string of the molecule is Cn1nc(N)c(C(=O)O)c1C(=O)O. The van der Waals surface area contributed by atoms with E-state index < -0.39 is 23.2 Å². The first-order valence-electron chi connectivity index (χ1n) is 3.24. The van der Waals surface area contributed by atoms with Gasteiger partial charge in [-0.3, -0.25) is 4.68 Å². The van der Waals surface area contributed by atoms with Gasteiger partial charge in [-0.1, -0.05) is 0 Å². The quantitative estimate of drug-likeness (QED) is 0.566. The number of nitrogen functional groups attached to an aromatic ring is 1. The van der Waals surface area contributed by atoms with Crippen molar-refractivity contribution in [3.63, 3.8) is 0 Å². The standard InChI is InChI=1S/C6H7N3O4/c1-9-3(6(12)13)2(5(10)11)4(7)8-9/h1H3,(H2,7,8)(H,10,11)(H,12,13). The zero-order valence-corrected chi connectivity index (χ0v) is 6.68. The third kappa shape index (κ3) is 1.31. The predicted octanol–water partition coefficient (Wildman–Crippen LogP) is -0.601. The normalized spacial score (nSPS) is 9.92. The highest BCUT2D eigenvalue weighted by molar-refractivity contribution is 6.03. The summed E-state index contributed by atoms with van der Waals surface area (Å²) in [5, 5.41) is 20.7. The van der Waals surface area contributed by atoms with E-state index in [0.717, 1.165) is 4.68 Å². The second-order valence-electron chi connectivity index (χ2n) is 2.34. The molecule has 1 rings (SSSR count).